The Kier molecular flexibility index (Phi) is 3.18. The van der Waals surface area contributed by atoms with Crippen molar-refractivity contribution in [2.24, 2.45) is 5.92 Å². The van der Waals surface area contributed by atoms with Gasteiger partial charge in [0.15, 0.2) is 0 Å². The Morgan fingerprint density at radius 3 is 2.82 bits per heavy atom. The maximum Gasteiger partial charge on any atom is 0.224 e. The van der Waals surface area contributed by atoms with Crippen LogP contribution in [0.4, 0.5) is 10.1 Å². The second-order valence-electron chi connectivity index (χ2n) is 4.82. The lowest BCUT2D eigenvalue weighted by Gasteiger charge is -2.40. The van der Waals surface area contributed by atoms with Gasteiger partial charge in [-0.15, -0.1) is 0 Å². The first-order valence-electron chi connectivity index (χ1n) is 6.12. The molecule has 2 atom stereocenters. The van der Waals surface area contributed by atoms with Crippen molar-refractivity contribution in [3.05, 3.63) is 29.6 Å². The molecule has 0 aliphatic carbocycles. The zero-order valence-electron chi connectivity index (χ0n) is 10.5. The molecule has 1 heterocycles. The third-order valence-corrected chi connectivity index (χ3v) is 3.59. The fraction of sp³-hybridized carbons (Fsp3) is 0.500. The number of benzene rings is 1. The first kappa shape index (κ1) is 12.1. The van der Waals surface area contributed by atoms with Gasteiger partial charge in [0.05, 0.1) is 0 Å². The van der Waals surface area contributed by atoms with E-state index in [-0.39, 0.29) is 17.8 Å². The van der Waals surface area contributed by atoms with Crippen molar-refractivity contribution in [1.29, 1.82) is 0 Å². The second kappa shape index (κ2) is 4.47. The van der Waals surface area contributed by atoms with Gasteiger partial charge < -0.3 is 4.90 Å². The lowest BCUT2D eigenvalue weighted by Crippen LogP contribution is -2.46. The van der Waals surface area contributed by atoms with Crippen LogP contribution in [0.15, 0.2) is 18.2 Å². The third kappa shape index (κ3) is 2.06. The number of carbonyl (C=O) groups excluding carboxylic acids is 1. The van der Waals surface area contributed by atoms with Gasteiger partial charge in [-0.05, 0) is 42.5 Å². The summed E-state index contributed by atoms with van der Waals surface area (Å²) in [5, 5.41) is 0. The summed E-state index contributed by atoms with van der Waals surface area (Å²) in [4.78, 5) is 13.6. The Bertz CT molecular complexity index is 444. The summed E-state index contributed by atoms with van der Waals surface area (Å²) in [6.07, 6.45) is 1.77. The van der Waals surface area contributed by atoms with Gasteiger partial charge in [0, 0.05) is 18.7 Å². The van der Waals surface area contributed by atoms with E-state index in [0.717, 1.165) is 24.1 Å². The fourth-order valence-electron chi connectivity index (χ4n) is 2.86. The molecule has 1 aromatic rings. The topological polar surface area (TPSA) is 20.3 Å². The molecule has 17 heavy (non-hydrogen) atoms. The van der Waals surface area contributed by atoms with Crippen LogP contribution in [0.5, 0.6) is 0 Å². The van der Waals surface area contributed by atoms with E-state index in [4.69, 9.17) is 0 Å². The van der Waals surface area contributed by atoms with Crippen LogP contribution in [0.1, 0.15) is 32.8 Å². The highest BCUT2D eigenvalue weighted by molar-refractivity contribution is 5.93. The van der Waals surface area contributed by atoms with Crippen molar-refractivity contribution in [3.63, 3.8) is 0 Å². The molecule has 92 valence electrons. The number of carbonyl (C=O) groups is 1. The van der Waals surface area contributed by atoms with Crippen LogP contribution in [0.25, 0.3) is 0 Å². The molecular weight excluding hydrogens is 217 g/mol. The summed E-state index contributed by atoms with van der Waals surface area (Å²) in [6, 6.07) is 4.93. The predicted octanol–water partition coefficient (Wildman–Crippen LogP) is 3.15. The molecule has 1 aliphatic heterocycles. The van der Waals surface area contributed by atoms with E-state index in [1.165, 1.54) is 6.07 Å². The minimum atomic E-state index is -0.227. The average Bonchev–Trinajstić information content (AvgIpc) is 2.26. The SMILES string of the molecule is CC[C@H]1[C@H](C)Cc2cc(F)ccc2N1C(C)=O. The Hall–Kier alpha value is -1.38. The minimum Gasteiger partial charge on any atom is -0.309 e. The number of hydrogen-bond donors (Lipinski definition) is 0. The molecule has 0 saturated carbocycles. The van der Waals surface area contributed by atoms with Gasteiger partial charge in [-0.1, -0.05) is 13.8 Å². The largest absolute Gasteiger partial charge is 0.309 e. The van der Waals surface area contributed by atoms with E-state index in [9.17, 15) is 9.18 Å². The number of anilines is 1. The first-order chi connectivity index (χ1) is 8.04. The molecule has 0 fully saturated rings. The minimum absolute atomic E-state index is 0.0382. The molecule has 0 N–H and O–H groups in total. The number of fused-ring (bicyclic) bond motifs is 1. The van der Waals surface area contributed by atoms with Gasteiger partial charge in [0.25, 0.3) is 0 Å². The Labute approximate surface area is 101 Å². The highest BCUT2D eigenvalue weighted by Gasteiger charge is 2.32. The molecule has 0 radical (unpaired) electrons. The predicted molar refractivity (Wildman–Crippen MR) is 66.5 cm³/mol. The average molecular weight is 235 g/mol. The van der Waals surface area contributed by atoms with Crippen molar-refractivity contribution in [2.75, 3.05) is 4.90 Å². The Balaban J connectivity index is 2.51. The summed E-state index contributed by atoms with van der Waals surface area (Å²) in [5.74, 6) is 0.184. The lowest BCUT2D eigenvalue weighted by atomic mass is 9.85. The summed E-state index contributed by atoms with van der Waals surface area (Å²) in [5.41, 5.74) is 1.82. The van der Waals surface area contributed by atoms with E-state index in [0.29, 0.717) is 5.92 Å². The highest BCUT2D eigenvalue weighted by atomic mass is 19.1. The van der Waals surface area contributed by atoms with Gasteiger partial charge in [-0.3, -0.25) is 4.79 Å². The molecule has 1 amide bonds. The van der Waals surface area contributed by atoms with Crippen LogP contribution in [-0.4, -0.2) is 11.9 Å². The number of hydrogen-bond acceptors (Lipinski definition) is 1. The molecule has 1 aromatic carbocycles. The van der Waals surface area contributed by atoms with E-state index in [2.05, 4.69) is 13.8 Å². The molecule has 1 aliphatic rings. The molecule has 2 rings (SSSR count). The second-order valence-corrected chi connectivity index (χ2v) is 4.82. The van der Waals surface area contributed by atoms with E-state index < -0.39 is 0 Å². The van der Waals surface area contributed by atoms with Gasteiger partial charge in [0.2, 0.25) is 5.91 Å². The fourth-order valence-corrected chi connectivity index (χ4v) is 2.86. The van der Waals surface area contributed by atoms with Crippen LogP contribution >= 0.6 is 0 Å². The number of rotatable bonds is 1. The number of halogens is 1. The summed E-state index contributed by atoms with van der Waals surface area (Å²) in [7, 11) is 0. The van der Waals surface area contributed by atoms with Gasteiger partial charge in [0.1, 0.15) is 5.82 Å². The van der Waals surface area contributed by atoms with Crippen LogP contribution in [0.3, 0.4) is 0 Å². The molecular formula is C14H18FNO. The summed E-state index contributed by atoms with van der Waals surface area (Å²) < 4.78 is 13.2. The van der Waals surface area contributed by atoms with Crippen LogP contribution in [-0.2, 0) is 11.2 Å². The van der Waals surface area contributed by atoms with E-state index in [1.54, 1.807) is 19.1 Å². The Morgan fingerprint density at radius 2 is 2.24 bits per heavy atom. The maximum absolute atomic E-state index is 13.2. The van der Waals surface area contributed by atoms with Crippen molar-refractivity contribution in [2.45, 2.75) is 39.7 Å². The first-order valence-corrected chi connectivity index (χ1v) is 6.12. The maximum atomic E-state index is 13.2. The molecule has 3 heteroatoms. The monoisotopic (exact) mass is 235 g/mol. The van der Waals surface area contributed by atoms with Crippen LogP contribution in [0, 0.1) is 11.7 Å². The number of amides is 1. The van der Waals surface area contributed by atoms with E-state index >= 15 is 0 Å². The third-order valence-electron chi connectivity index (χ3n) is 3.59. The smallest absolute Gasteiger partial charge is 0.224 e. The summed E-state index contributed by atoms with van der Waals surface area (Å²) >= 11 is 0. The van der Waals surface area contributed by atoms with Crippen LogP contribution < -0.4 is 4.90 Å². The van der Waals surface area contributed by atoms with E-state index in [1.807, 2.05) is 4.90 Å². The number of nitrogens with zero attached hydrogens (tertiary/aromatic N) is 1. The van der Waals surface area contributed by atoms with Crippen molar-refractivity contribution >= 4 is 11.6 Å². The quantitative estimate of drug-likeness (QED) is 0.732. The van der Waals surface area contributed by atoms with Crippen molar-refractivity contribution < 1.29 is 9.18 Å². The van der Waals surface area contributed by atoms with Gasteiger partial charge in [-0.25, -0.2) is 4.39 Å². The summed E-state index contributed by atoms with van der Waals surface area (Å²) in [6.45, 7) is 5.79. The normalized spacial score (nSPS) is 23.4. The van der Waals surface area contributed by atoms with Gasteiger partial charge in [-0.2, -0.15) is 0 Å². The molecule has 0 saturated heterocycles. The van der Waals surface area contributed by atoms with Crippen molar-refractivity contribution in [3.8, 4) is 0 Å². The Morgan fingerprint density at radius 1 is 1.53 bits per heavy atom. The lowest BCUT2D eigenvalue weighted by molar-refractivity contribution is -0.117. The van der Waals surface area contributed by atoms with Gasteiger partial charge >= 0.3 is 0 Å². The molecule has 0 bridgehead atoms. The molecule has 0 aromatic heterocycles. The molecule has 0 unspecified atom stereocenters. The van der Waals surface area contributed by atoms with Crippen molar-refractivity contribution in [1.82, 2.24) is 0 Å². The standard InChI is InChI=1S/C14H18FNO/c1-4-13-9(2)7-11-8-12(15)5-6-14(11)16(13)10(3)17/h5-6,8-9,13H,4,7H2,1-3H3/t9-,13+/m1/s1. The highest BCUT2D eigenvalue weighted by Crippen LogP contribution is 2.35. The molecule has 2 nitrogen and oxygen atoms in total. The van der Waals surface area contributed by atoms with Crippen LogP contribution in [0.2, 0.25) is 0 Å². The zero-order valence-corrected chi connectivity index (χ0v) is 10.5. The zero-order chi connectivity index (χ0) is 12.6. The molecule has 0 spiro atoms.